The van der Waals surface area contributed by atoms with E-state index in [4.69, 9.17) is 0 Å². The Bertz CT molecular complexity index is 1210. The first-order chi connectivity index (χ1) is 14.6. The van der Waals surface area contributed by atoms with Crippen molar-refractivity contribution in [3.8, 4) is 0 Å². The molecule has 1 aliphatic heterocycles. The predicted octanol–water partition coefficient (Wildman–Crippen LogP) is 3.73. The topological polar surface area (TPSA) is 87.7 Å². The maximum absolute atomic E-state index is 13.7. The molecular weight excluding hydrogens is 481 g/mol. The van der Waals surface area contributed by atoms with Crippen molar-refractivity contribution in [1.82, 2.24) is 4.98 Å². The number of nitrogens with zero attached hydrogens (tertiary/aromatic N) is 3. The molecule has 0 saturated heterocycles. The maximum Gasteiger partial charge on any atom is 0.458 e. The highest BCUT2D eigenvalue weighted by molar-refractivity contribution is 7.91. The number of sulfone groups is 1. The van der Waals surface area contributed by atoms with Crippen LogP contribution in [0.1, 0.15) is 34.0 Å². The fraction of sp³-hybridized carbons (Fsp3) is 0.389. The lowest BCUT2D eigenvalue weighted by Crippen LogP contribution is -2.33. The number of halogens is 5. The number of rotatable bonds is 5. The van der Waals surface area contributed by atoms with Gasteiger partial charge in [0, 0.05) is 18.8 Å². The minimum absolute atomic E-state index is 0.0690. The van der Waals surface area contributed by atoms with Crippen LogP contribution in [-0.4, -0.2) is 44.2 Å². The summed E-state index contributed by atoms with van der Waals surface area (Å²) in [7, 11) is -2.56. The summed E-state index contributed by atoms with van der Waals surface area (Å²) >= 11 is 0.126. The fourth-order valence-corrected chi connectivity index (χ4v) is 5.12. The van der Waals surface area contributed by atoms with E-state index in [9.17, 15) is 40.0 Å². The number of hydrogen-bond acceptors (Lipinski definition) is 6. The van der Waals surface area contributed by atoms with Gasteiger partial charge in [-0.1, -0.05) is 6.92 Å². The first-order valence-electron chi connectivity index (χ1n) is 8.98. The van der Waals surface area contributed by atoms with Gasteiger partial charge in [-0.3, -0.25) is 14.5 Å². The Labute approximate surface area is 183 Å². The number of carbonyl (C=O) groups excluding carboxylic acids is 2. The van der Waals surface area contributed by atoms with Gasteiger partial charge in [-0.2, -0.15) is 22.0 Å². The van der Waals surface area contributed by atoms with E-state index in [1.54, 1.807) is 0 Å². The van der Waals surface area contributed by atoms with Crippen molar-refractivity contribution < 1.29 is 40.0 Å². The van der Waals surface area contributed by atoms with Gasteiger partial charge in [0.2, 0.25) is 5.91 Å². The van der Waals surface area contributed by atoms with Crippen LogP contribution < -0.4 is 9.80 Å². The van der Waals surface area contributed by atoms with E-state index < -0.39 is 45.2 Å². The Morgan fingerprint density at radius 3 is 2.38 bits per heavy atom. The van der Waals surface area contributed by atoms with Crippen LogP contribution in [0.5, 0.6) is 0 Å². The van der Waals surface area contributed by atoms with Gasteiger partial charge in [-0.05, 0) is 12.1 Å². The normalized spacial score (nSPS) is 14.6. The lowest BCUT2D eigenvalue weighted by molar-refractivity contribution is -0.287. The smallest absolute Gasteiger partial charge is 0.314 e. The number of anilines is 2. The van der Waals surface area contributed by atoms with Gasteiger partial charge in [0.05, 0.1) is 34.6 Å². The first-order valence-corrected chi connectivity index (χ1v) is 11.5. The van der Waals surface area contributed by atoms with Crippen LogP contribution in [-0.2, 0) is 27.1 Å². The van der Waals surface area contributed by atoms with E-state index in [0.29, 0.717) is 6.07 Å². The Balaban J connectivity index is 2.06. The van der Waals surface area contributed by atoms with Gasteiger partial charge >= 0.3 is 12.1 Å². The van der Waals surface area contributed by atoms with E-state index >= 15 is 0 Å². The molecule has 1 aliphatic rings. The van der Waals surface area contributed by atoms with Gasteiger partial charge in [0.1, 0.15) is 4.90 Å². The Hall–Kier alpha value is -2.61. The molecule has 0 N–H and O–H groups in total. The zero-order chi connectivity index (χ0) is 24.2. The number of pyridine rings is 1. The van der Waals surface area contributed by atoms with Crippen molar-refractivity contribution in [2.24, 2.45) is 0 Å². The predicted molar refractivity (Wildman–Crippen MR) is 106 cm³/mol. The number of thiophene rings is 1. The average molecular weight is 497 g/mol. The number of carbonyl (C=O) groups is 2. The second-order valence-corrected chi connectivity index (χ2v) is 10.3. The summed E-state index contributed by atoms with van der Waals surface area (Å²) < 4.78 is 90.6. The van der Waals surface area contributed by atoms with Crippen molar-refractivity contribution in [2.75, 3.05) is 22.6 Å². The van der Waals surface area contributed by atoms with Crippen LogP contribution in [0.3, 0.4) is 0 Å². The molecule has 0 atom stereocenters. The summed E-state index contributed by atoms with van der Waals surface area (Å²) in [5, 5.41) is 0. The molecule has 0 aliphatic carbocycles. The van der Waals surface area contributed by atoms with Crippen LogP contribution in [0.15, 0.2) is 23.2 Å². The Morgan fingerprint density at radius 1 is 1.25 bits per heavy atom. The van der Waals surface area contributed by atoms with Crippen molar-refractivity contribution >= 4 is 44.5 Å². The summed E-state index contributed by atoms with van der Waals surface area (Å²) in [4.78, 5) is 28.7. The highest BCUT2D eigenvalue weighted by Crippen LogP contribution is 2.48. The lowest BCUT2D eigenvalue weighted by atomic mass is 10.2. The van der Waals surface area contributed by atoms with E-state index in [1.165, 1.54) is 20.9 Å². The van der Waals surface area contributed by atoms with Crippen LogP contribution in [0, 0.1) is 0 Å². The molecule has 3 rings (SSSR count). The standard InChI is InChI=1S/C18H16F5N3O4S2/c1-4-32(29,30)13-5-10(25(3)9(2)27)7-24-15(13)26-8-12-11(16(26)28)6-14(31-12)17(19,20)18(21,22)23/h5-7H,4,8H2,1-3H3. The van der Waals surface area contributed by atoms with Crippen molar-refractivity contribution in [3.05, 3.63) is 33.6 Å². The van der Waals surface area contributed by atoms with E-state index in [2.05, 4.69) is 4.98 Å². The van der Waals surface area contributed by atoms with Gasteiger partial charge in [-0.15, -0.1) is 11.3 Å². The molecule has 2 aromatic rings. The molecule has 2 amide bonds. The molecule has 0 bridgehead atoms. The monoisotopic (exact) mass is 497 g/mol. The summed E-state index contributed by atoms with van der Waals surface area (Å²) in [6.45, 7) is 2.18. The number of alkyl halides is 5. The van der Waals surface area contributed by atoms with Crippen LogP contribution in [0.2, 0.25) is 0 Å². The molecule has 2 aromatic heterocycles. The third-order valence-electron chi connectivity index (χ3n) is 4.90. The molecule has 0 unspecified atom stereocenters. The molecule has 32 heavy (non-hydrogen) atoms. The number of fused-ring (bicyclic) bond motifs is 1. The van der Waals surface area contributed by atoms with E-state index in [1.807, 2.05) is 0 Å². The number of hydrogen-bond donors (Lipinski definition) is 0. The molecule has 0 radical (unpaired) electrons. The third-order valence-corrected chi connectivity index (χ3v) is 7.82. The Morgan fingerprint density at radius 2 is 1.88 bits per heavy atom. The zero-order valence-corrected chi connectivity index (χ0v) is 18.5. The molecule has 7 nitrogen and oxygen atoms in total. The quantitative estimate of drug-likeness (QED) is 0.588. The third kappa shape index (κ3) is 3.85. The second-order valence-electron chi connectivity index (χ2n) is 6.91. The largest absolute Gasteiger partial charge is 0.458 e. The van der Waals surface area contributed by atoms with Gasteiger partial charge in [0.25, 0.3) is 5.91 Å². The Kier molecular flexibility index (Phi) is 5.83. The SMILES string of the molecule is CCS(=O)(=O)c1cc(N(C)C(C)=O)cnc1N1Cc2sc(C(F)(F)C(F)(F)F)cc2C1=O. The number of aromatic nitrogens is 1. The van der Waals surface area contributed by atoms with E-state index in [-0.39, 0.29) is 43.9 Å². The fourth-order valence-electron chi connectivity index (χ4n) is 2.93. The summed E-state index contributed by atoms with van der Waals surface area (Å²) in [5.74, 6) is -7.14. The van der Waals surface area contributed by atoms with Crippen molar-refractivity contribution in [1.29, 1.82) is 0 Å². The minimum atomic E-state index is -5.82. The van der Waals surface area contributed by atoms with Gasteiger partial charge in [-0.25, -0.2) is 13.4 Å². The summed E-state index contributed by atoms with van der Waals surface area (Å²) in [6, 6.07) is 1.63. The van der Waals surface area contributed by atoms with Crippen molar-refractivity contribution in [3.63, 3.8) is 0 Å². The van der Waals surface area contributed by atoms with Crippen LogP contribution in [0.25, 0.3) is 0 Å². The van der Waals surface area contributed by atoms with Crippen LogP contribution >= 0.6 is 11.3 Å². The highest BCUT2D eigenvalue weighted by atomic mass is 32.2. The molecular formula is C18H16F5N3O4S2. The molecule has 14 heteroatoms. The van der Waals surface area contributed by atoms with Gasteiger partial charge in [0.15, 0.2) is 15.7 Å². The molecule has 174 valence electrons. The summed E-state index contributed by atoms with van der Waals surface area (Å²) in [5.41, 5.74) is -0.234. The second kappa shape index (κ2) is 7.76. The van der Waals surface area contributed by atoms with E-state index in [0.717, 1.165) is 22.1 Å². The molecule has 3 heterocycles. The lowest BCUT2D eigenvalue weighted by Gasteiger charge is -2.22. The minimum Gasteiger partial charge on any atom is -0.314 e. The molecule has 0 fully saturated rings. The number of amides is 2. The highest BCUT2D eigenvalue weighted by Gasteiger charge is 2.60. The molecule has 0 saturated carbocycles. The summed E-state index contributed by atoms with van der Waals surface area (Å²) in [6.07, 6.45) is -4.66. The van der Waals surface area contributed by atoms with Crippen molar-refractivity contribution in [2.45, 2.75) is 37.4 Å². The molecule has 0 spiro atoms. The van der Waals surface area contributed by atoms with Crippen LogP contribution in [0.4, 0.5) is 33.5 Å². The first kappa shape index (κ1) is 24.0. The zero-order valence-electron chi connectivity index (χ0n) is 16.8. The molecule has 0 aromatic carbocycles. The maximum atomic E-state index is 13.7. The average Bonchev–Trinajstić information content (AvgIpc) is 3.26. The van der Waals surface area contributed by atoms with Gasteiger partial charge < -0.3 is 4.90 Å².